The van der Waals surface area contributed by atoms with E-state index >= 15 is 0 Å². The van der Waals surface area contributed by atoms with Gasteiger partial charge in [-0.15, -0.1) is 0 Å². The number of amides is 2. The highest BCUT2D eigenvalue weighted by Crippen LogP contribution is 2.38. The van der Waals surface area contributed by atoms with Gasteiger partial charge >= 0.3 is 0 Å². The molecule has 0 saturated carbocycles. The molecule has 5 rings (SSSR count). The van der Waals surface area contributed by atoms with Crippen molar-refractivity contribution in [2.45, 2.75) is 26.5 Å². The number of ether oxygens (including phenoxy) is 1. The number of imidazole rings is 1. The number of nitrogens with two attached hydrogens (primary N) is 1. The van der Waals surface area contributed by atoms with Gasteiger partial charge < -0.3 is 24.7 Å². The number of nitrogen functional groups attached to an aromatic ring is 1. The number of carbonyl (C=O) groups excluding carboxylic acids is 2. The number of benzene rings is 1. The molecule has 9 heteroatoms. The molecule has 1 atom stereocenters. The Balaban J connectivity index is 1.54. The third-order valence-corrected chi connectivity index (χ3v) is 6.51. The lowest BCUT2D eigenvalue weighted by molar-refractivity contribution is -0.130. The van der Waals surface area contributed by atoms with E-state index in [1.54, 1.807) is 25.8 Å². The number of anilines is 2. The molecule has 2 amide bonds. The van der Waals surface area contributed by atoms with Crippen LogP contribution in [0.5, 0.6) is 5.75 Å². The van der Waals surface area contributed by atoms with E-state index in [4.69, 9.17) is 15.5 Å². The second-order valence-corrected chi connectivity index (χ2v) is 8.72. The minimum atomic E-state index is -0.504. The minimum Gasteiger partial charge on any atom is -0.479 e. The summed E-state index contributed by atoms with van der Waals surface area (Å²) in [6.07, 6.45) is 1.39. The number of piperazine rings is 1. The predicted octanol–water partition coefficient (Wildman–Crippen LogP) is 1.99. The topological polar surface area (TPSA) is 96.4 Å². The molecule has 2 N–H and O–H groups in total. The third kappa shape index (κ3) is 3.78. The van der Waals surface area contributed by atoms with E-state index < -0.39 is 6.10 Å². The van der Waals surface area contributed by atoms with E-state index in [0.29, 0.717) is 31.1 Å². The average Bonchev–Trinajstić information content (AvgIpc) is 3.15. The van der Waals surface area contributed by atoms with Crippen LogP contribution in [0.2, 0.25) is 0 Å². The van der Waals surface area contributed by atoms with Gasteiger partial charge in [0.05, 0.1) is 17.1 Å². The largest absolute Gasteiger partial charge is 0.479 e. The Bertz CT molecular complexity index is 1240. The monoisotopic (exact) mass is 448 g/mol. The van der Waals surface area contributed by atoms with Crippen LogP contribution >= 0.6 is 0 Å². The summed E-state index contributed by atoms with van der Waals surface area (Å²) in [5.41, 5.74) is 11.1. The average molecular weight is 449 g/mol. The van der Waals surface area contributed by atoms with Crippen LogP contribution in [0, 0.1) is 0 Å². The van der Waals surface area contributed by atoms with Gasteiger partial charge in [0, 0.05) is 64.1 Å². The highest BCUT2D eigenvalue weighted by Gasteiger charge is 2.30. The number of hydrogen-bond acceptors (Lipinski definition) is 6. The third-order valence-electron chi connectivity index (χ3n) is 6.51. The summed E-state index contributed by atoms with van der Waals surface area (Å²) in [5, 5.41) is 0. The molecular weight excluding hydrogens is 420 g/mol. The summed E-state index contributed by atoms with van der Waals surface area (Å²) < 4.78 is 7.82. The highest BCUT2D eigenvalue weighted by molar-refractivity contribution is 6.00. The first-order chi connectivity index (χ1) is 15.8. The number of nitrogens with zero attached hydrogens (tertiary/aromatic N) is 5. The first-order valence-electron chi connectivity index (χ1n) is 11.1. The van der Waals surface area contributed by atoms with Crippen molar-refractivity contribution in [3.8, 4) is 17.0 Å². The fourth-order valence-electron chi connectivity index (χ4n) is 4.58. The molecule has 172 valence electrons. The Labute approximate surface area is 192 Å². The van der Waals surface area contributed by atoms with Crippen molar-refractivity contribution < 1.29 is 14.3 Å². The Morgan fingerprint density at radius 2 is 1.94 bits per heavy atom. The van der Waals surface area contributed by atoms with Crippen molar-refractivity contribution in [1.82, 2.24) is 19.2 Å². The molecule has 0 aliphatic carbocycles. The molecule has 1 saturated heterocycles. The van der Waals surface area contributed by atoms with Crippen molar-refractivity contribution in [3.05, 3.63) is 42.2 Å². The Morgan fingerprint density at radius 1 is 1.18 bits per heavy atom. The summed E-state index contributed by atoms with van der Waals surface area (Å²) in [5.74, 6) is 0.719. The maximum Gasteiger partial charge on any atom is 0.267 e. The zero-order valence-electron chi connectivity index (χ0n) is 19.1. The normalized spacial score (nSPS) is 19.0. The van der Waals surface area contributed by atoms with E-state index in [1.165, 1.54) is 0 Å². The zero-order valence-corrected chi connectivity index (χ0v) is 19.1. The van der Waals surface area contributed by atoms with Gasteiger partial charge in [-0.1, -0.05) is 0 Å². The molecule has 4 heterocycles. The summed E-state index contributed by atoms with van der Waals surface area (Å²) in [7, 11) is 1.77. The molecule has 0 spiro atoms. The fraction of sp³-hybridized carbons (Fsp3) is 0.375. The van der Waals surface area contributed by atoms with Gasteiger partial charge in [0.1, 0.15) is 11.4 Å². The number of rotatable bonds is 3. The molecule has 3 aromatic rings. The lowest BCUT2D eigenvalue weighted by Crippen LogP contribution is -2.47. The van der Waals surface area contributed by atoms with E-state index in [0.717, 1.165) is 41.4 Å². The van der Waals surface area contributed by atoms with Crippen LogP contribution in [0.15, 0.2) is 36.5 Å². The van der Waals surface area contributed by atoms with Gasteiger partial charge in [0.15, 0.2) is 6.10 Å². The van der Waals surface area contributed by atoms with Gasteiger partial charge in [-0.2, -0.15) is 0 Å². The first-order valence-corrected chi connectivity index (χ1v) is 11.1. The Kier molecular flexibility index (Phi) is 5.20. The molecule has 2 aliphatic rings. The maximum absolute atomic E-state index is 12.5. The van der Waals surface area contributed by atoms with Crippen molar-refractivity contribution >= 4 is 28.8 Å². The fourth-order valence-corrected chi connectivity index (χ4v) is 4.58. The molecule has 1 fully saturated rings. The number of likely N-dealkylation sites (N-methyl/N-ethyl adjacent to an activating group) is 1. The molecule has 9 nitrogen and oxygen atoms in total. The lowest BCUT2D eigenvalue weighted by atomic mass is 10.1. The Hall–Kier alpha value is -3.59. The van der Waals surface area contributed by atoms with Crippen LogP contribution < -0.4 is 15.4 Å². The van der Waals surface area contributed by atoms with E-state index in [2.05, 4.69) is 4.90 Å². The first kappa shape index (κ1) is 21.3. The molecule has 33 heavy (non-hydrogen) atoms. The molecule has 0 radical (unpaired) electrons. The number of carbonyl (C=O) groups is 2. The SMILES string of the molecule is CC(=O)N1CCN(Cc2c(-c3ccc4c(c3)N(C)C(=O)C(C)O4)nc3ccc(N)cn23)CC1. The van der Waals surface area contributed by atoms with Crippen LogP contribution in [-0.4, -0.2) is 70.3 Å². The van der Waals surface area contributed by atoms with Gasteiger partial charge in [0.2, 0.25) is 5.91 Å². The molecule has 2 aromatic heterocycles. The quantitative estimate of drug-likeness (QED) is 0.658. The van der Waals surface area contributed by atoms with Gasteiger partial charge in [0.25, 0.3) is 5.91 Å². The van der Waals surface area contributed by atoms with E-state index in [-0.39, 0.29) is 11.8 Å². The van der Waals surface area contributed by atoms with Crippen LogP contribution in [0.3, 0.4) is 0 Å². The summed E-state index contributed by atoms with van der Waals surface area (Å²) in [6, 6.07) is 9.60. The highest BCUT2D eigenvalue weighted by atomic mass is 16.5. The predicted molar refractivity (Wildman–Crippen MR) is 126 cm³/mol. The number of fused-ring (bicyclic) bond motifs is 2. The standard InChI is InChI=1S/C24H28N6O3/c1-15-24(32)27(3)19-12-17(4-6-21(19)33-15)23-20(30-13-18(25)5-7-22(30)26-23)14-28-8-10-29(11-9-28)16(2)31/h4-7,12-13,15H,8-11,14,25H2,1-3H3. The van der Waals surface area contributed by atoms with Crippen molar-refractivity contribution in [2.75, 3.05) is 43.9 Å². The zero-order chi connectivity index (χ0) is 23.3. The van der Waals surface area contributed by atoms with Gasteiger partial charge in [-0.25, -0.2) is 4.98 Å². The number of aromatic nitrogens is 2. The molecule has 2 aliphatic heterocycles. The smallest absolute Gasteiger partial charge is 0.267 e. The summed E-state index contributed by atoms with van der Waals surface area (Å²) in [6.45, 7) is 7.06. The van der Waals surface area contributed by atoms with Crippen LogP contribution in [-0.2, 0) is 16.1 Å². The molecule has 0 bridgehead atoms. The maximum atomic E-state index is 12.5. The molecule has 1 aromatic carbocycles. The van der Waals surface area contributed by atoms with Gasteiger partial charge in [-0.05, 0) is 37.3 Å². The van der Waals surface area contributed by atoms with Crippen LogP contribution in [0.25, 0.3) is 16.9 Å². The van der Waals surface area contributed by atoms with Gasteiger partial charge in [-0.3, -0.25) is 14.5 Å². The van der Waals surface area contributed by atoms with Crippen molar-refractivity contribution in [3.63, 3.8) is 0 Å². The van der Waals surface area contributed by atoms with Crippen molar-refractivity contribution in [1.29, 1.82) is 0 Å². The summed E-state index contributed by atoms with van der Waals surface area (Å²) in [4.78, 5) is 34.9. The molecular formula is C24H28N6O3. The van der Waals surface area contributed by atoms with Crippen LogP contribution in [0.4, 0.5) is 11.4 Å². The lowest BCUT2D eigenvalue weighted by Gasteiger charge is -2.34. The van der Waals surface area contributed by atoms with E-state index in [9.17, 15) is 9.59 Å². The number of pyridine rings is 1. The van der Waals surface area contributed by atoms with Crippen LogP contribution in [0.1, 0.15) is 19.5 Å². The number of hydrogen-bond donors (Lipinski definition) is 1. The second-order valence-electron chi connectivity index (χ2n) is 8.72. The second kappa shape index (κ2) is 8.08. The Morgan fingerprint density at radius 3 is 2.67 bits per heavy atom. The summed E-state index contributed by atoms with van der Waals surface area (Å²) >= 11 is 0. The molecule has 1 unspecified atom stereocenters. The van der Waals surface area contributed by atoms with E-state index in [1.807, 2.05) is 45.8 Å². The van der Waals surface area contributed by atoms with Crippen molar-refractivity contribution in [2.24, 2.45) is 0 Å². The minimum absolute atomic E-state index is 0.0778.